The van der Waals surface area contributed by atoms with Crippen LogP contribution in [-0.4, -0.2) is 26.7 Å². The minimum Gasteiger partial charge on any atom is -0.361 e. The van der Waals surface area contributed by atoms with E-state index in [0.717, 1.165) is 46.2 Å². The number of benzene rings is 1. The molecule has 0 aliphatic carbocycles. The molecule has 0 radical (unpaired) electrons. The molecule has 0 aliphatic rings. The molecule has 0 saturated carbocycles. The molecule has 4 rings (SSSR count). The van der Waals surface area contributed by atoms with Crippen LogP contribution in [0.4, 0.5) is 5.95 Å². The zero-order valence-electron chi connectivity index (χ0n) is 15.4. The van der Waals surface area contributed by atoms with Crippen molar-refractivity contribution in [3.05, 3.63) is 59.1 Å². The molecule has 0 amide bonds. The predicted molar refractivity (Wildman–Crippen MR) is 102 cm³/mol. The summed E-state index contributed by atoms with van der Waals surface area (Å²) >= 11 is 0. The third-order valence-electron chi connectivity index (χ3n) is 4.57. The summed E-state index contributed by atoms with van der Waals surface area (Å²) in [5, 5.41) is 7.23. The van der Waals surface area contributed by atoms with Crippen molar-refractivity contribution in [1.82, 2.24) is 19.7 Å². The van der Waals surface area contributed by atoms with Crippen LogP contribution in [-0.2, 0) is 6.54 Å². The van der Waals surface area contributed by atoms with Gasteiger partial charge in [-0.15, -0.1) is 0 Å². The summed E-state index contributed by atoms with van der Waals surface area (Å²) in [5.74, 6) is 1.59. The number of nitrogens with zero attached hydrogens (tertiary/aromatic N) is 4. The van der Waals surface area contributed by atoms with Crippen molar-refractivity contribution in [2.45, 2.75) is 27.3 Å². The average molecular weight is 347 g/mol. The number of imidazole rings is 1. The number of nitrogens with one attached hydrogen (secondary N) is 1. The molecule has 0 atom stereocenters. The van der Waals surface area contributed by atoms with Gasteiger partial charge in [-0.3, -0.25) is 0 Å². The highest BCUT2D eigenvalue weighted by Gasteiger charge is 2.16. The Morgan fingerprint density at radius 2 is 2.00 bits per heavy atom. The Hall–Kier alpha value is -3.15. The van der Waals surface area contributed by atoms with Crippen LogP contribution in [0.25, 0.3) is 22.3 Å². The SMILES string of the molecule is CNc1nc2ncc(-c3c(C)noc3C)cc2n1Cc1cccc(C)c1. The van der Waals surface area contributed by atoms with Crippen molar-refractivity contribution in [2.75, 3.05) is 12.4 Å². The number of anilines is 1. The zero-order chi connectivity index (χ0) is 18.3. The molecule has 26 heavy (non-hydrogen) atoms. The first-order valence-corrected chi connectivity index (χ1v) is 8.59. The van der Waals surface area contributed by atoms with Crippen LogP contribution in [0.1, 0.15) is 22.6 Å². The first-order chi connectivity index (χ1) is 12.6. The number of aryl methyl sites for hydroxylation is 3. The average Bonchev–Trinajstić information content (AvgIpc) is 3.14. The minimum absolute atomic E-state index is 0.720. The van der Waals surface area contributed by atoms with Crippen LogP contribution >= 0.6 is 0 Å². The van der Waals surface area contributed by atoms with Gasteiger partial charge in [0.25, 0.3) is 0 Å². The summed E-state index contributed by atoms with van der Waals surface area (Å²) in [5.41, 5.74) is 7.01. The molecule has 3 aromatic heterocycles. The monoisotopic (exact) mass is 347 g/mol. The van der Waals surface area contributed by atoms with Crippen molar-refractivity contribution in [3.63, 3.8) is 0 Å². The molecule has 0 bridgehead atoms. The fourth-order valence-corrected chi connectivity index (χ4v) is 3.38. The van der Waals surface area contributed by atoms with E-state index in [1.807, 2.05) is 27.1 Å². The van der Waals surface area contributed by atoms with E-state index >= 15 is 0 Å². The molecule has 0 saturated heterocycles. The number of aromatic nitrogens is 4. The third-order valence-corrected chi connectivity index (χ3v) is 4.57. The Labute approximate surface area is 151 Å². The summed E-state index contributed by atoms with van der Waals surface area (Å²) in [6.07, 6.45) is 1.83. The molecule has 4 aromatic rings. The molecule has 1 aromatic carbocycles. The molecule has 0 fully saturated rings. The van der Waals surface area contributed by atoms with E-state index in [1.54, 1.807) is 0 Å². The molecule has 6 nitrogen and oxygen atoms in total. The van der Waals surface area contributed by atoms with Crippen LogP contribution in [0.5, 0.6) is 0 Å². The number of rotatable bonds is 4. The van der Waals surface area contributed by atoms with Crippen molar-refractivity contribution in [2.24, 2.45) is 0 Å². The first-order valence-electron chi connectivity index (χ1n) is 8.59. The first kappa shape index (κ1) is 16.3. The molecular weight excluding hydrogens is 326 g/mol. The molecule has 0 aliphatic heterocycles. The highest BCUT2D eigenvalue weighted by atomic mass is 16.5. The predicted octanol–water partition coefficient (Wildman–Crippen LogP) is 4.10. The smallest absolute Gasteiger partial charge is 0.205 e. The molecule has 132 valence electrons. The van der Waals surface area contributed by atoms with Crippen LogP contribution in [0.15, 0.2) is 41.1 Å². The Morgan fingerprint density at radius 3 is 2.69 bits per heavy atom. The summed E-state index contributed by atoms with van der Waals surface area (Å²) in [7, 11) is 1.88. The molecular formula is C20H21N5O. The molecule has 0 spiro atoms. The van der Waals surface area contributed by atoms with Gasteiger partial charge in [-0.05, 0) is 32.4 Å². The lowest BCUT2D eigenvalue weighted by Crippen LogP contribution is -2.05. The fraction of sp³-hybridized carbons (Fsp3) is 0.250. The van der Waals surface area contributed by atoms with Gasteiger partial charge in [0.15, 0.2) is 5.65 Å². The largest absolute Gasteiger partial charge is 0.361 e. The Balaban J connectivity index is 1.86. The van der Waals surface area contributed by atoms with E-state index in [-0.39, 0.29) is 0 Å². The van der Waals surface area contributed by atoms with Crippen LogP contribution < -0.4 is 5.32 Å². The fourth-order valence-electron chi connectivity index (χ4n) is 3.38. The van der Waals surface area contributed by atoms with Crippen LogP contribution in [0, 0.1) is 20.8 Å². The van der Waals surface area contributed by atoms with E-state index in [4.69, 9.17) is 4.52 Å². The Kier molecular flexibility index (Phi) is 3.95. The van der Waals surface area contributed by atoms with Crippen LogP contribution in [0.2, 0.25) is 0 Å². The van der Waals surface area contributed by atoms with Gasteiger partial charge in [-0.25, -0.2) is 4.98 Å². The van der Waals surface area contributed by atoms with E-state index in [1.165, 1.54) is 11.1 Å². The molecule has 3 heterocycles. The topological polar surface area (TPSA) is 68.8 Å². The molecule has 1 N–H and O–H groups in total. The lowest BCUT2D eigenvalue weighted by atomic mass is 10.1. The number of pyridine rings is 1. The second-order valence-corrected chi connectivity index (χ2v) is 6.53. The second-order valence-electron chi connectivity index (χ2n) is 6.53. The lowest BCUT2D eigenvalue weighted by molar-refractivity contribution is 0.393. The van der Waals surface area contributed by atoms with Crippen LogP contribution in [0.3, 0.4) is 0 Å². The van der Waals surface area contributed by atoms with E-state index in [0.29, 0.717) is 0 Å². The summed E-state index contributed by atoms with van der Waals surface area (Å²) in [6.45, 7) is 6.69. The van der Waals surface area contributed by atoms with E-state index in [2.05, 4.69) is 62.3 Å². The van der Waals surface area contributed by atoms with Crippen molar-refractivity contribution in [1.29, 1.82) is 0 Å². The Bertz CT molecular complexity index is 1070. The normalized spacial score (nSPS) is 11.2. The van der Waals surface area contributed by atoms with Gasteiger partial charge >= 0.3 is 0 Å². The maximum atomic E-state index is 5.31. The second kappa shape index (κ2) is 6.29. The zero-order valence-corrected chi connectivity index (χ0v) is 15.4. The maximum Gasteiger partial charge on any atom is 0.205 e. The van der Waals surface area contributed by atoms with Gasteiger partial charge in [0.05, 0.1) is 17.8 Å². The number of hydrogen-bond acceptors (Lipinski definition) is 5. The van der Waals surface area contributed by atoms with E-state index < -0.39 is 0 Å². The van der Waals surface area contributed by atoms with Crippen molar-refractivity contribution < 1.29 is 4.52 Å². The lowest BCUT2D eigenvalue weighted by Gasteiger charge is -2.10. The summed E-state index contributed by atoms with van der Waals surface area (Å²) < 4.78 is 7.47. The number of hydrogen-bond donors (Lipinski definition) is 1. The highest BCUT2D eigenvalue weighted by molar-refractivity contribution is 5.81. The highest BCUT2D eigenvalue weighted by Crippen LogP contribution is 2.30. The summed E-state index contributed by atoms with van der Waals surface area (Å²) in [6, 6.07) is 10.6. The minimum atomic E-state index is 0.720. The molecule has 6 heteroatoms. The molecule has 0 unspecified atom stereocenters. The van der Waals surface area contributed by atoms with Crippen molar-refractivity contribution >= 4 is 17.1 Å². The van der Waals surface area contributed by atoms with Gasteiger partial charge < -0.3 is 14.4 Å². The van der Waals surface area contributed by atoms with E-state index in [9.17, 15) is 0 Å². The van der Waals surface area contributed by atoms with Gasteiger partial charge in [-0.2, -0.15) is 4.98 Å². The van der Waals surface area contributed by atoms with Gasteiger partial charge in [0.1, 0.15) is 5.76 Å². The maximum absolute atomic E-state index is 5.31. The Morgan fingerprint density at radius 1 is 1.15 bits per heavy atom. The van der Waals surface area contributed by atoms with Gasteiger partial charge in [0, 0.05) is 24.4 Å². The summed E-state index contributed by atoms with van der Waals surface area (Å²) in [4.78, 5) is 9.19. The standard InChI is InChI=1S/C20H21N5O/c1-12-6-5-7-15(8-12)11-25-17-9-16(18-13(2)24-26-14(18)3)10-22-19(17)23-20(25)21-4/h5-10H,11H2,1-4H3,(H,21,22,23). The number of fused-ring (bicyclic) bond motifs is 1. The quantitative estimate of drug-likeness (QED) is 0.602. The van der Waals surface area contributed by atoms with Gasteiger partial charge in [0.2, 0.25) is 5.95 Å². The van der Waals surface area contributed by atoms with Gasteiger partial charge in [-0.1, -0.05) is 35.0 Å². The van der Waals surface area contributed by atoms with Crippen molar-refractivity contribution in [3.8, 4) is 11.1 Å². The third kappa shape index (κ3) is 2.73.